The van der Waals surface area contributed by atoms with Crippen LogP contribution in [0.4, 0.5) is 10.7 Å². The topological polar surface area (TPSA) is 111 Å². The average Bonchev–Trinajstić information content (AvgIpc) is 3.66. The van der Waals surface area contributed by atoms with Crippen LogP contribution in [0.15, 0.2) is 186 Å². The third kappa shape index (κ3) is 9.20. The van der Waals surface area contributed by atoms with Crippen LogP contribution < -0.4 is 16.0 Å². The highest BCUT2D eigenvalue weighted by atomic mass is 32.2. The molecule has 3 amide bonds. The van der Waals surface area contributed by atoms with Crippen LogP contribution in [-0.2, 0) is 9.59 Å². The Bertz CT molecular complexity index is 2530. The number of carbonyl (C=O) groups is 3. The van der Waals surface area contributed by atoms with Gasteiger partial charge in [0.05, 0.1) is 5.56 Å². The second kappa shape index (κ2) is 17.9. The van der Waals surface area contributed by atoms with Crippen LogP contribution in [0.25, 0.3) is 28.3 Å². The molecule has 3 N–H and O–H groups in total. The third-order valence-corrected chi connectivity index (χ3v) is 10.9. The normalized spacial score (nSPS) is 11.5. The molecule has 7 rings (SSSR count). The molecular formula is C47H34N4O3S2. The number of nitrogens with one attached hydrogen (secondary N) is 3. The molecule has 0 fully saturated rings. The Morgan fingerprint density at radius 1 is 0.661 bits per heavy atom. The molecule has 6 aromatic carbocycles. The lowest BCUT2D eigenvalue weighted by atomic mass is 10.0. The van der Waals surface area contributed by atoms with Crippen molar-refractivity contribution in [2.24, 2.45) is 0 Å². The van der Waals surface area contributed by atoms with Crippen LogP contribution >= 0.6 is 23.1 Å². The number of nitriles is 1. The minimum Gasteiger partial charge on any atom is -0.321 e. The second-order valence-electron chi connectivity index (χ2n) is 12.6. The SMILES string of the molecule is N#Cc1c(-c2ccccc2)csc1NC(=O)C(Sc1cccc(NC(=O)/C(=C\c2ccc(-c3ccccc3)cc2)NC(=O)c2ccccc2)c1)c1ccccc1. The van der Waals surface area contributed by atoms with Crippen LogP contribution in [0.5, 0.6) is 0 Å². The van der Waals surface area contributed by atoms with Gasteiger partial charge in [0.1, 0.15) is 22.0 Å². The summed E-state index contributed by atoms with van der Waals surface area (Å²) in [5.74, 6) is -1.23. The fourth-order valence-corrected chi connectivity index (χ4v) is 7.97. The van der Waals surface area contributed by atoms with Gasteiger partial charge in [0.2, 0.25) is 5.91 Å². The van der Waals surface area contributed by atoms with Gasteiger partial charge in [-0.1, -0.05) is 140 Å². The number of nitrogens with zero attached hydrogens (tertiary/aromatic N) is 1. The third-order valence-electron chi connectivity index (χ3n) is 8.77. The lowest BCUT2D eigenvalue weighted by molar-refractivity contribution is -0.116. The first-order valence-electron chi connectivity index (χ1n) is 17.7. The highest BCUT2D eigenvalue weighted by molar-refractivity contribution is 8.00. The maximum absolute atomic E-state index is 14.0. The van der Waals surface area contributed by atoms with Gasteiger partial charge >= 0.3 is 0 Å². The summed E-state index contributed by atoms with van der Waals surface area (Å²) in [7, 11) is 0. The van der Waals surface area contributed by atoms with E-state index in [1.54, 1.807) is 48.5 Å². The van der Waals surface area contributed by atoms with E-state index in [9.17, 15) is 19.6 Å². The number of carbonyl (C=O) groups excluding carboxylic acids is 3. The largest absolute Gasteiger partial charge is 0.321 e. The fourth-order valence-electron chi connectivity index (χ4n) is 5.96. The zero-order valence-corrected chi connectivity index (χ0v) is 31.5. The Balaban J connectivity index is 1.12. The lowest BCUT2D eigenvalue weighted by Crippen LogP contribution is -2.30. The summed E-state index contributed by atoms with van der Waals surface area (Å²) in [6.45, 7) is 0. The monoisotopic (exact) mass is 766 g/mol. The number of benzene rings is 6. The van der Waals surface area contributed by atoms with Crippen LogP contribution in [0.3, 0.4) is 0 Å². The molecule has 1 heterocycles. The number of thiophene rings is 1. The average molecular weight is 767 g/mol. The Morgan fingerprint density at radius 3 is 1.93 bits per heavy atom. The lowest BCUT2D eigenvalue weighted by Gasteiger charge is -2.17. The first-order chi connectivity index (χ1) is 27.4. The smallest absolute Gasteiger partial charge is 0.272 e. The van der Waals surface area contributed by atoms with Gasteiger partial charge in [-0.15, -0.1) is 23.1 Å². The van der Waals surface area contributed by atoms with E-state index in [1.807, 2.05) is 133 Å². The van der Waals surface area contributed by atoms with Crippen LogP contribution in [0.1, 0.15) is 32.3 Å². The van der Waals surface area contributed by atoms with Crippen molar-refractivity contribution < 1.29 is 14.4 Å². The summed E-state index contributed by atoms with van der Waals surface area (Å²) in [6, 6.07) is 54.9. The molecule has 0 aliphatic heterocycles. The van der Waals surface area contributed by atoms with Gasteiger partial charge < -0.3 is 16.0 Å². The molecule has 0 spiro atoms. The molecular weight excluding hydrogens is 733 g/mol. The number of amides is 3. The second-order valence-corrected chi connectivity index (χ2v) is 14.6. The van der Waals surface area contributed by atoms with Crippen molar-refractivity contribution in [1.82, 2.24) is 5.32 Å². The van der Waals surface area contributed by atoms with Gasteiger partial charge in [-0.3, -0.25) is 14.4 Å². The highest BCUT2D eigenvalue weighted by Crippen LogP contribution is 2.40. The molecule has 0 aliphatic carbocycles. The van der Waals surface area contributed by atoms with E-state index in [-0.39, 0.29) is 11.6 Å². The molecule has 7 aromatic rings. The first kappa shape index (κ1) is 37.3. The molecule has 56 heavy (non-hydrogen) atoms. The van der Waals surface area contributed by atoms with Crippen molar-refractivity contribution in [2.75, 3.05) is 10.6 Å². The minimum atomic E-state index is -0.685. The predicted octanol–water partition coefficient (Wildman–Crippen LogP) is 10.8. The van der Waals surface area contributed by atoms with E-state index in [0.29, 0.717) is 21.8 Å². The van der Waals surface area contributed by atoms with E-state index in [1.165, 1.54) is 23.1 Å². The molecule has 272 valence electrons. The molecule has 0 saturated carbocycles. The molecule has 0 bridgehead atoms. The molecule has 1 atom stereocenters. The van der Waals surface area contributed by atoms with Crippen molar-refractivity contribution in [3.8, 4) is 28.3 Å². The van der Waals surface area contributed by atoms with Crippen molar-refractivity contribution in [3.05, 3.63) is 203 Å². The number of rotatable bonds is 12. The zero-order valence-electron chi connectivity index (χ0n) is 29.9. The Labute approximate surface area is 333 Å². The molecule has 1 unspecified atom stereocenters. The predicted molar refractivity (Wildman–Crippen MR) is 227 cm³/mol. The minimum absolute atomic E-state index is 0.0602. The van der Waals surface area contributed by atoms with Gasteiger partial charge in [-0.2, -0.15) is 5.26 Å². The van der Waals surface area contributed by atoms with Crippen molar-refractivity contribution in [2.45, 2.75) is 10.1 Å². The fraction of sp³-hybridized carbons (Fsp3) is 0.0213. The van der Waals surface area contributed by atoms with Gasteiger partial charge in [0.15, 0.2) is 0 Å². The highest BCUT2D eigenvalue weighted by Gasteiger charge is 2.25. The summed E-state index contributed by atoms with van der Waals surface area (Å²) < 4.78 is 0. The maximum Gasteiger partial charge on any atom is 0.272 e. The molecule has 1 aromatic heterocycles. The summed E-state index contributed by atoms with van der Waals surface area (Å²) in [4.78, 5) is 41.9. The van der Waals surface area contributed by atoms with E-state index >= 15 is 0 Å². The molecule has 0 aliphatic rings. The van der Waals surface area contributed by atoms with Gasteiger partial charge in [0.25, 0.3) is 11.8 Å². The number of thioether (sulfide) groups is 1. The number of hydrogen-bond donors (Lipinski definition) is 3. The van der Waals surface area contributed by atoms with E-state index < -0.39 is 17.1 Å². The van der Waals surface area contributed by atoms with Crippen LogP contribution in [0, 0.1) is 11.3 Å². The summed E-state index contributed by atoms with van der Waals surface area (Å²) in [5, 5.41) is 20.5. The number of hydrogen-bond acceptors (Lipinski definition) is 6. The molecule has 0 radical (unpaired) electrons. The Morgan fingerprint density at radius 2 is 1.27 bits per heavy atom. The summed E-state index contributed by atoms with van der Waals surface area (Å²) in [6.07, 6.45) is 1.64. The van der Waals surface area contributed by atoms with Crippen molar-refractivity contribution in [1.29, 1.82) is 5.26 Å². The quantitative estimate of drug-likeness (QED) is 0.0847. The first-order valence-corrected chi connectivity index (χ1v) is 19.5. The summed E-state index contributed by atoms with van der Waals surface area (Å²) >= 11 is 2.63. The Hall–Kier alpha value is -6.99. The van der Waals surface area contributed by atoms with E-state index in [0.717, 1.165) is 38.3 Å². The molecule has 9 heteroatoms. The molecule has 7 nitrogen and oxygen atoms in total. The Kier molecular flexibility index (Phi) is 11.9. The number of anilines is 2. The van der Waals surface area contributed by atoms with Gasteiger partial charge in [-0.25, -0.2) is 0 Å². The zero-order chi connectivity index (χ0) is 38.7. The van der Waals surface area contributed by atoms with Crippen LogP contribution in [-0.4, -0.2) is 17.7 Å². The van der Waals surface area contributed by atoms with Gasteiger partial charge in [0, 0.05) is 27.1 Å². The van der Waals surface area contributed by atoms with E-state index in [4.69, 9.17) is 0 Å². The molecule has 0 saturated heterocycles. The standard InChI is InChI=1S/C47H34N4O3S2/c48-30-40-41(35-16-7-2-8-17-35)31-55-47(40)51-46(54)43(36-18-9-3-10-19-36)56-39-23-13-22-38(29-39)49-45(53)42(50-44(52)37-20-11-4-12-21-37)28-32-24-26-34(27-25-32)33-14-5-1-6-15-33/h1-29,31,43H,(H,49,53)(H,50,52)(H,51,54)/b42-28+. The summed E-state index contributed by atoms with van der Waals surface area (Å²) in [5.41, 5.74) is 6.61. The van der Waals surface area contributed by atoms with Crippen molar-refractivity contribution in [3.63, 3.8) is 0 Å². The van der Waals surface area contributed by atoms with Crippen LogP contribution in [0.2, 0.25) is 0 Å². The van der Waals surface area contributed by atoms with Gasteiger partial charge in [-0.05, 0) is 64.2 Å². The maximum atomic E-state index is 14.0. The van der Waals surface area contributed by atoms with Crippen molar-refractivity contribution >= 4 is 57.6 Å². The van der Waals surface area contributed by atoms with E-state index in [2.05, 4.69) is 22.0 Å².